The third-order valence-corrected chi connectivity index (χ3v) is 21.6. The summed E-state index contributed by atoms with van der Waals surface area (Å²) >= 11 is 1.56. The van der Waals surface area contributed by atoms with Gasteiger partial charge in [0.2, 0.25) is 17.7 Å². The van der Waals surface area contributed by atoms with Crippen LogP contribution in [0.25, 0.3) is 21.3 Å². The molecule has 2 aromatic carbocycles. The van der Waals surface area contributed by atoms with Gasteiger partial charge in [-0.25, -0.2) is 19.6 Å². The fourth-order valence-electron chi connectivity index (χ4n) is 17.1. The van der Waals surface area contributed by atoms with Crippen molar-refractivity contribution in [2.75, 3.05) is 87.8 Å². The summed E-state index contributed by atoms with van der Waals surface area (Å²) in [5.74, 6) is -2.03. The van der Waals surface area contributed by atoms with Crippen molar-refractivity contribution >= 4 is 91.4 Å². The van der Waals surface area contributed by atoms with Gasteiger partial charge in [0.05, 0.1) is 61.6 Å². The molecule has 520 valence electrons. The molecule has 2 unspecified atom stereocenters. The minimum atomic E-state index is -1.12. The normalized spacial score (nSPS) is 22.8. The molecule has 5 fully saturated rings. The van der Waals surface area contributed by atoms with E-state index < -0.39 is 53.6 Å². The van der Waals surface area contributed by atoms with Crippen LogP contribution in [-0.4, -0.2) is 176 Å². The lowest BCUT2D eigenvalue weighted by Gasteiger charge is -2.69. The molecule has 0 spiro atoms. The van der Waals surface area contributed by atoms with Crippen LogP contribution in [0, 0.1) is 36.0 Å². The van der Waals surface area contributed by atoms with Gasteiger partial charge in [-0.3, -0.25) is 33.6 Å². The van der Waals surface area contributed by atoms with Crippen LogP contribution in [-0.2, 0) is 57.7 Å². The summed E-state index contributed by atoms with van der Waals surface area (Å²) in [4.78, 5) is 102. The zero-order valence-electron chi connectivity index (χ0n) is 56.7. The Morgan fingerprint density at radius 1 is 0.847 bits per heavy atom. The van der Waals surface area contributed by atoms with E-state index in [1.54, 1.807) is 31.4 Å². The van der Waals surface area contributed by atoms with E-state index in [1.807, 2.05) is 79.4 Å². The average Bonchev–Trinajstić information content (AvgIpc) is 0.737. The molecule has 0 radical (unpaired) electrons. The number of aromatic carboxylic acids is 1. The summed E-state index contributed by atoms with van der Waals surface area (Å²) < 4.78 is 22.8. The van der Waals surface area contributed by atoms with Gasteiger partial charge in [0, 0.05) is 77.4 Å². The predicted molar refractivity (Wildman–Crippen MR) is 368 cm³/mol. The standard InChI is InChI=1S/C71H89N15O11S/c1-44(2)59(79-56(87)23-30-95-31-26-84-57(88)21-22-58(84)89)64(91)76-53(13-9-24-73-66(72)94)63(90)75-48-17-15-47(16-18-48)36-86(27-32-96-33-28-86)29-34-97-71-40-68(5)37-69(6,41-71)39-70(38-68,42-71)43-85-46(4)51(35-74-85)50-19-20-55(78-60(50)65(92)93)83-25-10-11-49-45(3)61(81-82-62(49)83)80-67-77-52-12-7-8-14-54(52)98-67/h7-8,12,14-22,35,44,53,59H,9-11,13,23-34,36-43H2,1-6H3,(H7-,72,73,75,76,77,79,80,81,87,90,91,92,93,94)/p+1/t53-,59-,68?,69?,70?,71?/m0/s1. The highest BCUT2D eigenvalue weighted by atomic mass is 32.1. The van der Waals surface area contributed by atoms with Crippen LogP contribution >= 0.6 is 11.3 Å². The van der Waals surface area contributed by atoms with Gasteiger partial charge in [-0.15, -0.1) is 10.2 Å². The minimum Gasteiger partial charge on any atom is -0.476 e. The molecular formula is C71H90N15O11S+. The van der Waals surface area contributed by atoms with Gasteiger partial charge in [-0.05, 0) is 137 Å². The first-order chi connectivity index (χ1) is 46.9. The number of quaternary nitrogens is 1. The molecule has 26 nitrogen and oxygen atoms in total. The minimum absolute atomic E-state index is 0.0124. The first-order valence-electron chi connectivity index (χ1n) is 34.1. The number of anilines is 5. The summed E-state index contributed by atoms with van der Waals surface area (Å²) in [6.45, 7) is 19.0. The van der Waals surface area contributed by atoms with Crippen LogP contribution in [0.5, 0.6) is 0 Å². The van der Waals surface area contributed by atoms with Crippen molar-refractivity contribution < 1.29 is 57.4 Å². The number of thiazole rings is 1. The fraction of sp³-hybridized carbons (Fsp3) is 0.521. The third-order valence-electron chi connectivity index (χ3n) is 20.6. The first-order valence-corrected chi connectivity index (χ1v) is 35.0. The molecule has 4 atom stereocenters. The Hall–Kier alpha value is -8.76. The Kier molecular flexibility index (Phi) is 20.2. The Morgan fingerprint density at radius 2 is 1.59 bits per heavy atom. The molecule has 27 heteroatoms. The fourth-order valence-corrected chi connectivity index (χ4v) is 18.0. The number of amides is 7. The number of carbonyl (C=O) groups excluding carboxylic acids is 6. The topological polar surface area (TPSA) is 329 Å². The second-order valence-electron chi connectivity index (χ2n) is 29.0. The molecule has 1 saturated heterocycles. The number of benzene rings is 2. The molecular weight excluding hydrogens is 1270 g/mol. The molecule has 4 aliphatic carbocycles. The molecule has 4 saturated carbocycles. The lowest BCUT2D eigenvalue weighted by molar-refractivity contribution is -0.948. The number of primary amides is 1. The summed E-state index contributed by atoms with van der Waals surface area (Å²) in [6.07, 6.45) is 12.3. The van der Waals surface area contributed by atoms with E-state index in [2.05, 4.69) is 50.2 Å². The first kappa shape index (κ1) is 69.2. The van der Waals surface area contributed by atoms with Crippen molar-refractivity contribution in [2.45, 2.75) is 143 Å². The summed E-state index contributed by atoms with van der Waals surface area (Å²) in [7, 11) is 0. The van der Waals surface area contributed by atoms with E-state index in [9.17, 15) is 38.7 Å². The Labute approximate surface area is 573 Å². The molecule has 4 aromatic heterocycles. The van der Waals surface area contributed by atoms with Crippen molar-refractivity contribution in [1.82, 2.24) is 50.8 Å². The van der Waals surface area contributed by atoms with E-state index in [0.717, 1.165) is 130 Å². The number of aromatic nitrogens is 6. The molecule has 8 N–H and O–H groups in total. The van der Waals surface area contributed by atoms with Crippen molar-refractivity contribution in [2.24, 2.45) is 27.9 Å². The van der Waals surface area contributed by atoms with Gasteiger partial charge in [0.15, 0.2) is 22.5 Å². The second kappa shape index (κ2) is 28.6. The van der Waals surface area contributed by atoms with E-state index >= 15 is 0 Å². The predicted octanol–water partition coefficient (Wildman–Crippen LogP) is 8.02. The maximum absolute atomic E-state index is 14.1. The Bertz CT molecular complexity index is 3980. The number of carboxylic acid groups (broad SMARTS) is 1. The molecule has 7 aliphatic rings. The number of ether oxygens (including phenoxy) is 3. The van der Waals surface area contributed by atoms with Crippen molar-refractivity contribution in [3.8, 4) is 11.1 Å². The lowest BCUT2D eigenvalue weighted by Crippen LogP contribution is -2.65. The van der Waals surface area contributed by atoms with Gasteiger partial charge in [-0.1, -0.05) is 63.3 Å². The number of hydrogen-bond donors (Lipinski definition) is 7. The molecule has 13 rings (SSSR count). The highest BCUT2D eigenvalue weighted by Gasteiger charge is 2.66. The molecule has 6 aromatic rings. The van der Waals surface area contributed by atoms with E-state index in [1.165, 1.54) is 12.2 Å². The van der Waals surface area contributed by atoms with Crippen molar-refractivity contribution in [3.63, 3.8) is 0 Å². The quantitative estimate of drug-likeness (QED) is 0.0133. The molecule has 3 aliphatic heterocycles. The number of rotatable bonds is 29. The zero-order chi connectivity index (χ0) is 69.2. The number of imide groups is 1. The maximum Gasteiger partial charge on any atom is 0.355 e. The monoisotopic (exact) mass is 1360 g/mol. The number of nitrogens with one attached hydrogen (secondary N) is 5. The molecule has 4 bridgehead atoms. The van der Waals surface area contributed by atoms with Gasteiger partial charge >= 0.3 is 12.0 Å². The van der Waals surface area contributed by atoms with Gasteiger partial charge in [0.1, 0.15) is 44.1 Å². The average molecular weight is 1360 g/mol. The highest BCUT2D eigenvalue weighted by molar-refractivity contribution is 7.22. The van der Waals surface area contributed by atoms with Crippen LogP contribution in [0.3, 0.4) is 0 Å². The molecule has 98 heavy (non-hydrogen) atoms. The lowest BCUT2D eigenvalue weighted by atomic mass is 9.39. The third kappa shape index (κ3) is 15.4. The van der Waals surface area contributed by atoms with Crippen LogP contribution < -0.4 is 37.2 Å². The molecule has 7 amide bonds. The van der Waals surface area contributed by atoms with Crippen molar-refractivity contribution in [1.29, 1.82) is 0 Å². The van der Waals surface area contributed by atoms with E-state index in [0.29, 0.717) is 68.0 Å². The summed E-state index contributed by atoms with van der Waals surface area (Å²) in [5, 5.41) is 40.4. The van der Waals surface area contributed by atoms with Crippen LogP contribution in [0.2, 0.25) is 0 Å². The van der Waals surface area contributed by atoms with Crippen molar-refractivity contribution in [3.05, 3.63) is 107 Å². The Balaban J connectivity index is 0.677. The number of carbonyl (C=O) groups is 7. The summed E-state index contributed by atoms with van der Waals surface area (Å²) in [6, 6.07) is 16.7. The smallest absolute Gasteiger partial charge is 0.355 e. The summed E-state index contributed by atoms with van der Waals surface area (Å²) in [5.41, 5.74) is 11.6. The van der Waals surface area contributed by atoms with E-state index in [-0.39, 0.29) is 72.6 Å². The maximum atomic E-state index is 14.1. The largest absolute Gasteiger partial charge is 0.476 e. The van der Waals surface area contributed by atoms with E-state index in [4.69, 9.17) is 40.1 Å². The number of morpholine rings is 1. The molecule has 7 heterocycles. The van der Waals surface area contributed by atoms with Gasteiger partial charge < -0.3 is 61.0 Å². The number of carboxylic acids is 1. The number of hydrogen-bond acceptors (Lipinski definition) is 18. The number of pyridine rings is 1. The van der Waals surface area contributed by atoms with Crippen LogP contribution in [0.15, 0.2) is 79.0 Å². The van der Waals surface area contributed by atoms with Crippen LogP contribution in [0.1, 0.15) is 125 Å². The number of nitrogens with zero attached hydrogens (tertiary/aromatic N) is 9. The number of fused-ring (bicyclic) bond motifs is 2. The van der Waals surface area contributed by atoms with Gasteiger partial charge in [0.25, 0.3) is 11.8 Å². The van der Waals surface area contributed by atoms with Gasteiger partial charge in [-0.2, -0.15) is 5.10 Å². The number of para-hydroxylation sites is 1. The zero-order valence-corrected chi connectivity index (χ0v) is 57.6. The highest BCUT2D eigenvalue weighted by Crippen LogP contribution is 2.72. The SMILES string of the molecule is Cc1c(Nc2nc3ccccc3s2)nnc2c1CCCN2c1ccc(-c2cnn(CC34CC5(C)CC(C)(C3)CC(OCC[N+]3(Cc6ccc(NC(=O)[C@H](CCCNC(N)=O)NC(=O)[C@@H](NC(=O)CCOCCN7C(=O)C=CC7=O)C(C)C)cc6)CCOCC3)(C5)C4)c2C)c(C(=O)O)n1. The number of nitrogens with two attached hydrogens (primary N) is 1. The second-order valence-corrected chi connectivity index (χ2v) is 30.0. The van der Waals surface area contributed by atoms with Crippen LogP contribution in [0.4, 0.5) is 33.1 Å². The Morgan fingerprint density at radius 3 is 2.31 bits per heavy atom. The number of urea groups is 1.